The zero-order valence-electron chi connectivity index (χ0n) is 18.8. The van der Waals surface area contributed by atoms with E-state index < -0.39 is 35.5 Å². The molecule has 0 aromatic heterocycles. The molecule has 0 aliphatic carbocycles. The number of guanidine groups is 2. The third kappa shape index (κ3) is 3.28. The van der Waals surface area contributed by atoms with Gasteiger partial charge in [0.25, 0.3) is 5.91 Å². The summed E-state index contributed by atoms with van der Waals surface area (Å²) < 4.78 is 5.15. The molecule has 1 aromatic carbocycles. The van der Waals surface area contributed by atoms with E-state index in [0.29, 0.717) is 5.75 Å². The van der Waals surface area contributed by atoms with Crippen molar-refractivity contribution >= 4 is 29.6 Å². The molecule has 2 unspecified atom stereocenters. The summed E-state index contributed by atoms with van der Waals surface area (Å²) in [6, 6.07) is 3.23. The Hall–Kier alpha value is -3.91. The van der Waals surface area contributed by atoms with Crippen LogP contribution in [0.5, 0.6) is 5.75 Å². The SMILES string of the molecule is COc1cccc(C(=O)NC2CN3C(N)=NC(CN4C(=O)CCC4=O)[C@@H]4N=C(N)N[C@@]43C2(O)O)c1. The van der Waals surface area contributed by atoms with Crippen molar-refractivity contribution in [3.8, 4) is 5.75 Å². The normalized spacial score (nSPS) is 30.9. The van der Waals surface area contributed by atoms with Crippen molar-refractivity contribution in [2.75, 3.05) is 20.2 Å². The van der Waals surface area contributed by atoms with E-state index in [-0.39, 0.29) is 55.2 Å². The Morgan fingerprint density at radius 3 is 2.66 bits per heavy atom. The van der Waals surface area contributed by atoms with E-state index in [1.165, 1.54) is 18.1 Å². The molecule has 35 heavy (non-hydrogen) atoms. The van der Waals surface area contributed by atoms with Crippen LogP contribution in [-0.2, 0) is 9.59 Å². The standard InChI is InChI=1S/C21H26N8O6/c1-35-11-4-2-3-10(7-11)17(32)25-13-9-29-19(23)24-12(8-28-14(30)5-6-15(28)31)16-20(29,21(13,33)34)27-18(22)26-16/h2-4,7,12-13,16,33-34H,5-6,8-9H2,1H3,(H2,23,24)(H,25,32)(H3,22,26,27)/t12?,13?,16-,20-/m0/s1. The van der Waals surface area contributed by atoms with Crippen LogP contribution in [-0.4, -0.2) is 99.4 Å². The number of hydrogen-bond acceptors (Lipinski definition) is 12. The Morgan fingerprint density at radius 1 is 1.26 bits per heavy atom. The van der Waals surface area contributed by atoms with E-state index in [1.807, 2.05) is 0 Å². The van der Waals surface area contributed by atoms with Crippen LogP contribution in [0.25, 0.3) is 0 Å². The summed E-state index contributed by atoms with van der Waals surface area (Å²) >= 11 is 0. The van der Waals surface area contributed by atoms with E-state index in [9.17, 15) is 24.6 Å². The van der Waals surface area contributed by atoms with Gasteiger partial charge in [0.05, 0.1) is 19.7 Å². The molecule has 186 valence electrons. The van der Waals surface area contributed by atoms with Gasteiger partial charge in [0.15, 0.2) is 17.6 Å². The topological polar surface area (TPSA) is 208 Å². The highest BCUT2D eigenvalue weighted by Crippen LogP contribution is 2.45. The summed E-state index contributed by atoms with van der Waals surface area (Å²) in [7, 11) is 1.47. The fraction of sp³-hybridized carbons (Fsp3) is 0.476. The molecule has 3 amide bonds. The van der Waals surface area contributed by atoms with Crippen LogP contribution in [0.15, 0.2) is 34.3 Å². The predicted octanol–water partition coefficient (Wildman–Crippen LogP) is -3.38. The number of methoxy groups -OCH3 is 1. The molecule has 4 atom stereocenters. The van der Waals surface area contributed by atoms with Crippen molar-refractivity contribution in [1.82, 2.24) is 20.4 Å². The van der Waals surface area contributed by atoms with Gasteiger partial charge < -0.3 is 42.0 Å². The van der Waals surface area contributed by atoms with Crippen molar-refractivity contribution in [2.45, 2.75) is 42.4 Å². The van der Waals surface area contributed by atoms with E-state index in [4.69, 9.17) is 16.2 Å². The predicted molar refractivity (Wildman–Crippen MR) is 121 cm³/mol. The average molecular weight is 486 g/mol. The number of nitrogens with two attached hydrogens (primary N) is 2. The summed E-state index contributed by atoms with van der Waals surface area (Å²) in [6.45, 7) is -0.271. The van der Waals surface area contributed by atoms with Crippen LogP contribution < -0.4 is 26.8 Å². The molecular formula is C21H26N8O6. The minimum atomic E-state index is -2.63. The second-order valence-corrected chi connectivity index (χ2v) is 8.90. The molecule has 0 saturated carbocycles. The third-order valence-electron chi connectivity index (χ3n) is 6.96. The van der Waals surface area contributed by atoms with E-state index in [2.05, 4.69) is 20.6 Å². The second kappa shape index (κ2) is 7.81. The second-order valence-electron chi connectivity index (χ2n) is 8.90. The number of carbonyl (C=O) groups is 3. The lowest BCUT2D eigenvalue weighted by atomic mass is 9.84. The van der Waals surface area contributed by atoms with Crippen LogP contribution >= 0.6 is 0 Å². The molecule has 14 heteroatoms. The number of ether oxygens (including phenoxy) is 1. The minimum Gasteiger partial charge on any atom is -0.497 e. The number of aliphatic hydroxyl groups is 2. The highest BCUT2D eigenvalue weighted by atomic mass is 16.5. The van der Waals surface area contributed by atoms with Crippen molar-refractivity contribution in [2.24, 2.45) is 21.5 Å². The summed E-state index contributed by atoms with van der Waals surface area (Å²) in [5, 5.41) is 28.4. The maximum absolute atomic E-state index is 12.9. The van der Waals surface area contributed by atoms with E-state index in [0.717, 1.165) is 4.90 Å². The zero-order valence-corrected chi connectivity index (χ0v) is 18.8. The number of benzene rings is 1. The lowest BCUT2D eigenvalue weighted by molar-refractivity contribution is -0.230. The van der Waals surface area contributed by atoms with Crippen molar-refractivity contribution < 1.29 is 29.3 Å². The first kappa shape index (κ1) is 22.9. The zero-order chi connectivity index (χ0) is 25.1. The van der Waals surface area contributed by atoms with Gasteiger partial charge in [-0.15, -0.1) is 0 Å². The van der Waals surface area contributed by atoms with Gasteiger partial charge in [-0.1, -0.05) is 6.07 Å². The molecule has 8 N–H and O–H groups in total. The summed E-state index contributed by atoms with van der Waals surface area (Å²) in [5.74, 6) is -3.61. The monoisotopic (exact) mass is 486 g/mol. The molecule has 4 aliphatic heterocycles. The molecule has 0 bridgehead atoms. The van der Waals surface area contributed by atoms with Crippen LogP contribution in [0.1, 0.15) is 23.2 Å². The Labute approximate surface area is 199 Å². The number of amides is 3. The van der Waals surface area contributed by atoms with Gasteiger partial charge >= 0.3 is 0 Å². The Morgan fingerprint density at radius 2 is 1.97 bits per heavy atom. The lowest BCUT2D eigenvalue weighted by Crippen LogP contribution is -2.78. The number of rotatable bonds is 5. The highest BCUT2D eigenvalue weighted by Gasteiger charge is 2.73. The van der Waals surface area contributed by atoms with Crippen molar-refractivity contribution in [1.29, 1.82) is 0 Å². The van der Waals surface area contributed by atoms with Crippen LogP contribution in [0.2, 0.25) is 0 Å². The first-order valence-corrected chi connectivity index (χ1v) is 11.0. The number of nitrogens with one attached hydrogen (secondary N) is 2. The molecule has 14 nitrogen and oxygen atoms in total. The number of hydrogen-bond donors (Lipinski definition) is 6. The Balaban J connectivity index is 1.46. The van der Waals surface area contributed by atoms with Gasteiger partial charge in [-0.05, 0) is 18.2 Å². The number of likely N-dealkylation sites (tertiary alicyclic amines) is 1. The molecular weight excluding hydrogens is 460 g/mol. The minimum absolute atomic E-state index is 0.0756. The maximum Gasteiger partial charge on any atom is 0.251 e. The van der Waals surface area contributed by atoms with Gasteiger partial charge in [0.2, 0.25) is 17.6 Å². The number of imide groups is 1. The lowest BCUT2D eigenvalue weighted by Gasteiger charge is -2.49. The van der Waals surface area contributed by atoms with E-state index in [1.54, 1.807) is 18.2 Å². The molecule has 2 fully saturated rings. The van der Waals surface area contributed by atoms with Gasteiger partial charge in [-0.25, -0.2) is 9.98 Å². The van der Waals surface area contributed by atoms with Crippen LogP contribution in [0.3, 0.4) is 0 Å². The van der Waals surface area contributed by atoms with Crippen molar-refractivity contribution in [3.05, 3.63) is 29.8 Å². The number of nitrogens with zero attached hydrogens (tertiary/aromatic N) is 4. The maximum atomic E-state index is 12.9. The van der Waals surface area contributed by atoms with Gasteiger partial charge in [0.1, 0.15) is 17.8 Å². The quantitative estimate of drug-likeness (QED) is 0.180. The average Bonchev–Trinajstić information content (AvgIpc) is 3.42. The molecule has 1 aromatic rings. The summed E-state index contributed by atoms with van der Waals surface area (Å²) in [6.07, 6.45) is 0.192. The molecule has 0 radical (unpaired) electrons. The van der Waals surface area contributed by atoms with Crippen LogP contribution in [0, 0.1) is 0 Å². The molecule has 1 spiro atoms. The first-order chi connectivity index (χ1) is 16.6. The summed E-state index contributed by atoms with van der Waals surface area (Å²) in [5.41, 5.74) is 10.6. The highest BCUT2D eigenvalue weighted by molar-refractivity contribution is 6.02. The van der Waals surface area contributed by atoms with Gasteiger partial charge in [-0.3, -0.25) is 19.3 Å². The van der Waals surface area contributed by atoms with Gasteiger partial charge in [0, 0.05) is 24.9 Å². The van der Waals surface area contributed by atoms with Crippen molar-refractivity contribution in [3.63, 3.8) is 0 Å². The molecule has 2 saturated heterocycles. The Kier molecular flexibility index (Phi) is 5.10. The summed E-state index contributed by atoms with van der Waals surface area (Å²) in [4.78, 5) is 48.5. The van der Waals surface area contributed by atoms with E-state index >= 15 is 0 Å². The largest absolute Gasteiger partial charge is 0.497 e. The molecule has 4 heterocycles. The number of aliphatic imine (C=N–C) groups is 2. The smallest absolute Gasteiger partial charge is 0.251 e. The van der Waals surface area contributed by atoms with Gasteiger partial charge in [-0.2, -0.15) is 0 Å². The first-order valence-electron chi connectivity index (χ1n) is 11.0. The third-order valence-corrected chi connectivity index (χ3v) is 6.96. The number of carbonyl (C=O) groups excluding carboxylic acids is 3. The molecule has 5 rings (SSSR count). The fourth-order valence-electron chi connectivity index (χ4n) is 5.25. The Bertz CT molecular complexity index is 1150. The molecule has 4 aliphatic rings. The van der Waals surface area contributed by atoms with Crippen LogP contribution in [0.4, 0.5) is 0 Å². The fourth-order valence-corrected chi connectivity index (χ4v) is 5.25.